The van der Waals surface area contributed by atoms with Gasteiger partial charge in [0, 0.05) is 17.3 Å². The van der Waals surface area contributed by atoms with E-state index >= 15 is 0 Å². The number of aromatic nitrogens is 2. The molecule has 2 N–H and O–H groups in total. The van der Waals surface area contributed by atoms with E-state index in [1.54, 1.807) is 33.8 Å². The number of carbonyl (C=O) groups excluding carboxylic acids is 2. The van der Waals surface area contributed by atoms with Crippen LogP contribution in [-0.4, -0.2) is 28.1 Å². The summed E-state index contributed by atoms with van der Waals surface area (Å²) in [6, 6.07) is 6.92. The lowest BCUT2D eigenvalue weighted by Crippen LogP contribution is -2.43. The van der Waals surface area contributed by atoms with Gasteiger partial charge in [0.15, 0.2) is 0 Å². The number of nitrogens with two attached hydrogens (primary N) is 1. The Bertz CT molecular complexity index is 723. The molecule has 0 bridgehead atoms. The molecule has 6 nitrogen and oxygen atoms in total. The molecule has 2 amide bonds. The highest BCUT2D eigenvalue weighted by atomic mass is 35.5. The number of amides is 2. The molecule has 21 heavy (non-hydrogen) atoms. The fraction of sp³-hybridized carbons (Fsp3) is 0.214. The monoisotopic (exact) mass is 304 g/mol. The molecule has 0 unspecified atom stereocenters. The number of hydrogen-bond acceptors (Lipinski definition) is 3. The Morgan fingerprint density at radius 2 is 2.05 bits per heavy atom. The lowest BCUT2D eigenvalue weighted by Gasteiger charge is -2.32. The summed E-state index contributed by atoms with van der Waals surface area (Å²) in [6.45, 7) is 2.39. The average Bonchev–Trinajstić information content (AvgIpc) is 2.90. The van der Waals surface area contributed by atoms with Crippen LogP contribution in [0.3, 0.4) is 0 Å². The number of anilines is 1. The second kappa shape index (κ2) is 4.89. The Hall–Kier alpha value is -2.34. The van der Waals surface area contributed by atoms with E-state index in [4.69, 9.17) is 17.3 Å². The first-order valence-corrected chi connectivity index (χ1v) is 6.81. The van der Waals surface area contributed by atoms with Gasteiger partial charge in [-0.2, -0.15) is 5.10 Å². The minimum atomic E-state index is -0.658. The van der Waals surface area contributed by atoms with E-state index in [9.17, 15) is 9.59 Å². The molecule has 1 aromatic carbocycles. The van der Waals surface area contributed by atoms with E-state index < -0.39 is 5.91 Å². The third kappa shape index (κ3) is 2.17. The van der Waals surface area contributed by atoms with Gasteiger partial charge in [-0.3, -0.25) is 14.3 Å². The molecule has 0 radical (unpaired) electrons. The number of hydrogen-bond donors (Lipinski definition) is 1. The minimum absolute atomic E-state index is 0.0542. The Morgan fingerprint density at radius 1 is 1.38 bits per heavy atom. The molecule has 1 aromatic heterocycles. The lowest BCUT2D eigenvalue weighted by molar-refractivity contribution is 0.0934. The first kappa shape index (κ1) is 13.6. The topological polar surface area (TPSA) is 81.2 Å². The molecule has 1 aliphatic rings. The molecule has 108 valence electrons. The molecule has 7 heteroatoms. The van der Waals surface area contributed by atoms with E-state index in [1.165, 1.54) is 6.20 Å². The highest BCUT2D eigenvalue weighted by Crippen LogP contribution is 2.28. The summed E-state index contributed by atoms with van der Waals surface area (Å²) in [5, 5.41) is 4.70. The van der Waals surface area contributed by atoms with Crippen molar-refractivity contribution in [1.29, 1.82) is 0 Å². The molecule has 0 saturated carbocycles. The fourth-order valence-corrected chi connectivity index (χ4v) is 2.61. The third-order valence-corrected chi connectivity index (χ3v) is 3.76. The van der Waals surface area contributed by atoms with Crippen molar-refractivity contribution in [2.24, 2.45) is 5.73 Å². The maximum absolute atomic E-state index is 12.7. The summed E-state index contributed by atoms with van der Waals surface area (Å²) in [6.07, 6.45) is 1.34. The number of carbonyl (C=O) groups is 2. The fourth-order valence-electron chi connectivity index (χ4n) is 2.49. The predicted octanol–water partition coefficient (Wildman–Crippen LogP) is 1.86. The summed E-state index contributed by atoms with van der Waals surface area (Å²) < 4.78 is 1.55. The number of primary amides is 1. The standard InChI is InChI=1S/C14H13ClN4O2/c1-8-7-18(10-4-2-9(15)3-5-10)14(21)12-11(13(16)20)6-17-19(8)12/h2-6,8H,7H2,1H3,(H2,16,20)/t8-/m0/s1. The second-order valence-electron chi connectivity index (χ2n) is 4.96. The number of halogens is 1. The molecular weight excluding hydrogens is 292 g/mol. The highest BCUT2D eigenvalue weighted by Gasteiger charge is 2.34. The number of rotatable bonds is 2. The van der Waals surface area contributed by atoms with Crippen LogP contribution in [0.25, 0.3) is 0 Å². The van der Waals surface area contributed by atoms with Gasteiger partial charge in [0.1, 0.15) is 5.69 Å². The van der Waals surface area contributed by atoms with E-state index in [1.807, 2.05) is 6.92 Å². The van der Waals surface area contributed by atoms with Gasteiger partial charge in [0.25, 0.3) is 11.8 Å². The van der Waals surface area contributed by atoms with Crippen LogP contribution in [0.1, 0.15) is 33.8 Å². The molecule has 0 aliphatic carbocycles. The van der Waals surface area contributed by atoms with Gasteiger partial charge in [0.05, 0.1) is 17.8 Å². The van der Waals surface area contributed by atoms with Crippen molar-refractivity contribution in [1.82, 2.24) is 9.78 Å². The number of fused-ring (bicyclic) bond motifs is 1. The van der Waals surface area contributed by atoms with Crippen LogP contribution >= 0.6 is 11.6 Å². The van der Waals surface area contributed by atoms with Crippen molar-refractivity contribution in [3.63, 3.8) is 0 Å². The predicted molar refractivity (Wildman–Crippen MR) is 78.6 cm³/mol. The zero-order chi connectivity index (χ0) is 15.1. The second-order valence-corrected chi connectivity index (χ2v) is 5.39. The quantitative estimate of drug-likeness (QED) is 0.919. The summed E-state index contributed by atoms with van der Waals surface area (Å²) in [5.74, 6) is -0.948. The average molecular weight is 305 g/mol. The first-order valence-electron chi connectivity index (χ1n) is 6.43. The Morgan fingerprint density at radius 3 is 2.67 bits per heavy atom. The van der Waals surface area contributed by atoms with Crippen molar-refractivity contribution < 1.29 is 9.59 Å². The smallest absolute Gasteiger partial charge is 0.277 e. The Balaban J connectivity index is 2.07. The zero-order valence-electron chi connectivity index (χ0n) is 11.3. The van der Waals surface area contributed by atoms with E-state index in [2.05, 4.69) is 5.10 Å². The third-order valence-electron chi connectivity index (χ3n) is 3.51. The molecule has 0 fully saturated rings. The van der Waals surface area contributed by atoms with Crippen LogP contribution in [-0.2, 0) is 0 Å². The van der Waals surface area contributed by atoms with Crippen molar-refractivity contribution in [3.05, 3.63) is 46.7 Å². The van der Waals surface area contributed by atoms with Crippen LogP contribution in [0, 0.1) is 0 Å². The van der Waals surface area contributed by atoms with E-state index in [0.717, 1.165) is 5.69 Å². The van der Waals surface area contributed by atoms with E-state index in [0.29, 0.717) is 11.6 Å². The largest absolute Gasteiger partial charge is 0.365 e. The molecule has 2 aromatic rings. The van der Waals surface area contributed by atoms with Crippen LogP contribution in [0.2, 0.25) is 5.02 Å². The van der Waals surface area contributed by atoms with Crippen LogP contribution in [0.4, 0.5) is 5.69 Å². The molecule has 0 spiro atoms. The zero-order valence-corrected chi connectivity index (χ0v) is 12.0. The molecule has 2 heterocycles. The maximum atomic E-state index is 12.7. The van der Waals surface area contributed by atoms with Gasteiger partial charge >= 0.3 is 0 Å². The van der Waals surface area contributed by atoms with Gasteiger partial charge in [0.2, 0.25) is 0 Å². The van der Waals surface area contributed by atoms with Crippen LogP contribution in [0.5, 0.6) is 0 Å². The maximum Gasteiger partial charge on any atom is 0.277 e. The number of benzene rings is 1. The SMILES string of the molecule is C[C@H]1CN(c2ccc(Cl)cc2)C(=O)c2c(C(N)=O)cnn21. The summed E-state index contributed by atoms with van der Waals surface area (Å²) in [5.41, 5.74) is 6.41. The summed E-state index contributed by atoms with van der Waals surface area (Å²) in [4.78, 5) is 25.7. The molecule has 0 saturated heterocycles. The summed E-state index contributed by atoms with van der Waals surface area (Å²) >= 11 is 5.87. The molecule has 1 atom stereocenters. The van der Waals surface area contributed by atoms with Gasteiger partial charge in [-0.15, -0.1) is 0 Å². The Kier molecular flexibility index (Phi) is 3.17. The van der Waals surface area contributed by atoms with Crippen molar-refractivity contribution >= 4 is 29.1 Å². The minimum Gasteiger partial charge on any atom is -0.365 e. The molecule has 1 aliphatic heterocycles. The Labute approximate surface area is 126 Å². The van der Waals surface area contributed by atoms with Crippen LogP contribution < -0.4 is 10.6 Å². The summed E-state index contributed by atoms with van der Waals surface area (Å²) in [7, 11) is 0. The normalized spacial score (nSPS) is 17.7. The van der Waals surface area contributed by atoms with Gasteiger partial charge < -0.3 is 10.6 Å². The van der Waals surface area contributed by atoms with Crippen molar-refractivity contribution in [2.75, 3.05) is 11.4 Å². The van der Waals surface area contributed by atoms with E-state index in [-0.39, 0.29) is 23.2 Å². The van der Waals surface area contributed by atoms with Gasteiger partial charge in [-0.25, -0.2) is 0 Å². The lowest BCUT2D eigenvalue weighted by atomic mass is 10.1. The molecule has 3 rings (SSSR count). The number of nitrogens with zero attached hydrogens (tertiary/aromatic N) is 3. The van der Waals surface area contributed by atoms with Gasteiger partial charge in [-0.05, 0) is 31.2 Å². The van der Waals surface area contributed by atoms with Gasteiger partial charge in [-0.1, -0.05) is 11.6 Å². The van der Waals surface area contributed by atoms with Crippen LogP contribution in [0.15, 0.2) is 30.5 Å². The first-order chi connectivity index (χ1) is 9.99. The molecular formula is C14H13ClN4O2. The van der Waals surface area contributed by atoms with Crippen molar-refractivity contribution in [3.8, 4) is 0 Å². The van der Waals surface area contributed by atoms with Crippen molar-refractivity contribution in [2.45, 2.75) is 13.0 Å². The highest BCUT2D eigenvalue weighted by molar-refractivity contribution is 6.30.